The SMILES string of the molecule is CC[C@H]1CC(=O)C=C(OC)[C@@]12Oc1cc(OC)cc(OC)c1C2=O. The van der Waals surface area contributed by atoms with Gasteiger partial charge in [0, 0.05) is 30.5 Å². The van der Waals surface area contributed by atoms with Crippen LogP contribution in [0.2, 0.25) is 0 Å². The average molecular weight is 332 g/mol. The molecule has 0 aromatic heterocycles. The summed E-state index contributed by atoms with van der Waals surface area (Å²) in [6.45, 7) is 1.93. The van der Waals surface area contributed by atoms with Crippen LogP contribution < -0.4 is 14.2 Å². The number of allylic oxidation sites excluding steroid dienone is 1. The molecule has 2 aliphatic rings. The van der Waals surface area contributed by atoms with Crippen LogP contribution >= 0.6 is 0 Å². The summed E-state index contributed by atoms with van der Waals surface area (Å²) in [7, 11) is 4.46. The molecule has 1 aliphatic carbocycles. The molecule has 1 aromatic carbocycles. The molecule has 3 rings (SSSR count). The van der Waals surface area contributed by atoms with E-state index in [1.807, 2.05) is 6.92 Å². The third-order valence-corrected chi connectivity index (χ3v) is 4.72. The van der Waals surface area contributed by atoms with Crippen LogP contribution in [-0.4, -0.2) is 38.5 Å². The summed E-state index contributed by atoms with van der Waals surface area (Å²) in [6, 6.07) is 3.30. The van der Waals surface area contributed by atoms with Crippen molar-refractivity contribution in [1.29, 1.82) is 0 Å². The summed E-state index contributed by atoms with van der Waals surface area (Å²) in [6.07, 6.45) is 2.20. The minimum atomic E-state index is -1.32. The van der Waals surface area contributed by atoms with Crippen molar-refractivity contribution in [3.63, 3.8) is 0 Å². The Labute approximate surface area is 140 Å². The van der Waals surface area contributed by atoms with Gasteiger partial charge in [-0.2, -0.15) is 0 Å². The maximum atomic E-state index is 13.3. The minimum absolute atomic E-state index is 0.0683. The fourth-order valence-electron chi connectivity index (χ4n) is 3.53. The zero-order valence-corrected chi connectivity index (χ0v) is 14.2. The Kier molecular flexibility index (Phi) is 3.99. The van der Waals surface area contributed by atoms with Crippen molar-refractivity contribution in [2.24, 2.45) is 5.92 Å². The van der Waals surface area contributed by atoms with Crippen LogP contribution in [0.15, 0.2) is 24.0 Å². The highest BCUT2D eigenvalue weighted by atomic mass is 16.6. The molecule has 0 saturated heterocycles. The molecule has 128 valence electrons. The number of benzene rings is 1. The zero-order chi connectivity index (χ0) is 17.5. The number of rotatable bonds is 4. The summed E-state index contributed by atoms with van der Waals surface area (Å²) in [5.41, 5.74) is -0.964. The standard InChI is InChI=1S/C18H20O6/c1-5-10-6-11(19)7-15(23-4)18(10)17(20)16-13(22-3)8-12(21-2)9-14(16)24-18/h7-10H,5-6H2,1-4H3/t10-,18-/m0/s1. The molecule has 0 fully saturated rings. The van der Waals surface area contributed by atoms with Crippen molar-refractivity contribution in [1.82, 2.24) is 0 Å². The van der Waals surface area contributed by atoms with Gasteiger partial charge < -0.3 is 18.9 Å². The van der Waals surface area contributed by atoms with Crippen LogP contribution in [0.1, 0.15) is 30.1 Å². The predicted octanol–water partition coefficient (Wildman–Crippen LogP) is 2.55. The minimum Gasteiger partial charge on any atom is -0.496 e. The Hall–Kier alpha value is -2.50. The summed E-state index contributed by atoms with van der Waals surface area (Å²) < 4.78 is 22.1. The lowest BCUT2D eigenvalue weighted by Crippen LogP contribution is -2.52. The van der Waals surface area contributed by atoms with Gasteiger partial charge in [-0.1, -0.05) is 6.92 Å². The number of ether oxygens (including phenoxy) is 4. The van der Waals surface area contributed by atoms with Gasteiger partial charge in [0.1, 0.15) is 22.8 Å². The highest BCUT2D eigenvalue weighted by Gasteiger charge is 2.60. The molecule has 2 atom stereocenters. The van der Waals surface area contributed by atoms with E-state index < -0.39 is 5.60 Å². The number of fused-ring (bicyclic) bond motifs is 1. The summed E-state index contributed by atoms with van der Waals surface area (Å²) >= 11 is 0. The van der Waals surface area contributed by atoms with Crippen molar-refractivity contribution < 1.29 is 28.5 Å². The van der Waals surface area contributed by atoms with E-state index in [0.29, 0.717) is 29.2 Å². The lowest BCUT2D eigenvalue weighted by Gasteiger charge is -2.37. The van der Waals surface area contributed by atoms with E-state index in [-0.39, 0.29) is 29.7 Å². The van der Waals surface area contributed by atoms with Crippen LogP contribution in [0.5, 0.6) is 17.2 Å². The fraction of sp³-hybridized carbons (Fsp3) is 0.444. The molecule has 1 spiro atoms. The van der Waals surface area contributed by atoms with Gasteiger partial charge in [0.2, 0.25) is 11.4 Å². The van der Waals surface area contributed by atoms with E-state index in [1.165, 1.54) is 27.4 Å². The van der Waals surface area contributed by atoms with Gasteiger partial charge >= 0.3 is 0 Å². The first kappa shape index (κ1) is 16.4. The molecule has 0 bridgehead atoms. The molecule has 1 aromatic rings. The van der Waals surface area contributed by atoms with Crippen molar-refractivity contribution in [2.75, 3.05) is 21.3 Å². The smallest absolute Gasteiger partial charge is 0.231 e. The highest BCUT2D eigenvalue weighted by Crippen LogP contribution is 2.51. The number of methoxy groups -OCH3 is 3. The third kappa shape index (κ3) is 2.09. The first-order valence-corrected chi connectivity index (χ1v) is 7.80. The molecule has 0 N–H and O–H groups in total. The Balaban J connectivity index is 2.21. The van der Waals surface area contributed by atoms with Crippen LogP contribution in [0.25, 0.3) is 0 Å². The molecular weight excluding hydrogens is 312 g/mol. The third-order valence-electron chi connectivity index (χ3n) is 4.72. The normalized spacial score (nSPS) is 25.2. The maximum absolute atomic E-state index is 13.3. The topological polar surface area (TPSA) is 71.1 Å². The number of hydrogen-bond donors (Lipinski definition) is 0. The second-order valence-corrected chi connectivity index (χ2v) is 5.86. The molecule has 0 amide bonds. The van der Waals surface area contributed by atoms with E-state index in [4.69, 9.17) is 18.9 Å². The monoisotopic (exact) mass is 332 g/mol. The number of carbonyl (C=O) groups excluding carboxylic acids is 2. The van der Waals surface area contributed by atoms with Crippen LogP contribution in [-0.2, 0) is 9.53 Å². The Morgan fingerprint density at radius 2 is 1.92 bits per heavy atom. The average Bonchev–Trinajstić information content (AvgIpc) is 2.89. The predicted molar refractivity (Wildman–Crippen MR) is 85.7 cm³/mol. The molecule has 1 aliphatic heterocycles. The van der Waals surface area contributed by atoms with E-state index in [9.17, 15) is 9.59 Å². The van der Waals surface area contributed by atoms with Gasteiger partial charge in [-0.3, -0.25) is 9.59 Å². The van der Waals surface area contributed by atoms with E-state index in [0.717, 1.165) is 0 Å². The maximum Gasteiger partial charge on any atom is 0.231 e. The van der Waals surface area contributed by atoms with Gasteiger partial charge in [0.25, 0.3) is 0 Å². The van der Waals surface area contributed by atoms with Crippen molar-refractivity contribution in [3.8, 4) is 17.2 Å². The number of Topliss-reactive ketones (excluding diaryl/α,β-unsaturated/α-hetero) is 1. The van der Waals surface area contributed by atoms with Crippen LogP contribution in [0, 0.1) is 5.92 Å². The van der Waals surface area contributed by atoms with Crippen LogP contribution in [0.3, 0.4) is 0 Å². The van der Waals surface area contributed by atoms with Gasteiger partial charge in [0.05, 0.1) is 21.3 Å². The summed E-state index contributed by atoms with van der Waals surface area (Å²) in [5.74, 6) is 0.915. The van der Waals surface area contributed by atoms with Gasteiger partial charge in [-0.05, 0) is 6.42 Å². The van der Waals surface area contributed by atoms with Crippen LogP contribution in [0.4, 0.5) is 0 Å². The first-order chi connectivity index (χ1) is 11.5. The van der Waals surface area contributed by atoms with E-state index in [1.54, 1.807) is 12.1 Å². The zero-order valence-electron chi connectivity index (χ0n) is 14.2. The second-order valence-electron chi connectivity index (χ2n) is 5.86. The molecule has 0 radical (unpaired) electrons. The highest BCUT2D eigenvalue weighted by molar-refractivity contribution is 6.13. The Morgan fingerprint density at radius 3 is 2.50 bits per heavy atom. The lowest BCUT2D eigenvalue weighted by molar-refractivity contribution is -0.118. The second kappa shape index (κ2) is 5.85. The largest absolute Gasteiger partial charge is 0.496 e. The number of carbonyl (C=O) groups is 2. The Bertz CT molecular complexity index is 735. The molecule has 0 saturated carbocycles. The molecule has 1 heterocycles. The molecule has 0 unspecified atom stereocenters. The van der Waals surface area contributed by atoms with Crippen molar-refractivity contribution >= 4 is 11.6 Å². The van der Waals surface area contributed by atoms with Gasteiger partial charge in [0.15, 0.2) is 11.5 Å². The summed E-state index contributed by atoms with van der Waals surface area (Å²) in [4.78, 5) is 25.3. The van der Waals surface area contributed by atoms with Gasteiger partial charge in [-0.15, -0.1) is 0 Å². The molecule has 6 heteroatoms. The summed E-state index contributed by atoms with van der Waals surface area (Å²) in [5, 5.41) is 0. The van der Waals surface area contributed by atoms with E-state index in [2.05, 4.69) is 0 Å². The first-order valence-electron chi connectivity index (χ1n) is 7.80. The fourth-order valence-corrected chi connectivity index (χ4v) is 3.53. The molecule has 24 heavy (non-hydrogen) atoms. The molecule has 6 nitrogen and oxygen atoms in total. The van der Waals surface area contributed by atoms with Crippen molar-refractivity contribution in [2.45, 2.75) is 25.4 Å². The van der Waals surface area contributed by atoms with Gasteiger partial charge in [-0.25, -0.2) is 0 Å². The lowest BCUT2D eigenvalue weighted by atomic mass is 9.73. The number of ketones is 2. The number of hydrogen-bond acceptors (Lipinski definition) is 6. The Morgan fingerprint density at radius 1 is 1.17 bits per heavy atom. The quantitative estimate of drug-likeness (QED) is 0.844. The van der Waals surface area contributed by atoms with Crippen molar-refractivity contribution in [3.05, 3.63) is 29.5 Å². The van der Waals surface area contributed by atoms with E-state index >= 15 is 0 Å². The molecular formula is C18H20O6.